The highest BCUT2D eigenvalue weighted by molar-refractivity contribution is 6.42. The van der Waals surface area contributed by atoms with E-state index in [2.05, 4.69) is 18.4 Å². The van der Waals surface area contributed by atoms with Gasteiger partial charge in [-0.2, -0.15) is 0 Å². The van der Waals surface area contributed by atoms with Gasteiger partial charge >= 0.3 is 0 Å². The predicted octanol–water partition coefficient (Wildman–Crippen LogP) is 4.90. The number of aromatic nitrogens is 2. The Morgan fingerprint density at radius 1 is 1.25 bits per heavy atom. The molecular formula is C15H17Cl2N3. The predicted molar refractivity (Wildman–Crippen MR) is 84.5 cm³/mol. The lowest BCUT2D eigenvalue weighted by atomic mass is 10.1. The molecule has 1 fully saturated rings. The van der Waals surface area contributed by atoms with Crippen LogP contribution in [0.15, 0.2) is 18.2 Å². The number of halogens is 2. The number of rotatable bonds is 3. The van der Waals surface area contributed by atoms with Crippen LogP contribution in [0.25, 0.3) is 11.3 Å². The van der Waals surface area contributed by atoms with Crippen LogP contribution in [0.2, 0.25) is 10.0 Å². The van der Waals surface area contributed by atoms with E-state index < -0.39 is 0 Å². The van der Waals surface area contributed by atoms with Crippen LogP contribution in [0, 0.1) is 0 Å². The van der Waals surface area contributed by atoms with Crippen molar-refractivity contribution in [2.24, 2.45) is 0 Å². The van der Waals surface area contributed by atoms with Gasteiger partial charge in [-0.3, -0.25) is 0 Å². The molecule has 0 atom stereocenters. The van der Waals surface area contributed by atoms with Gasteiger partial charge in [0.05, 0.1) is 10.0 Å². The van der Waals surface area contributed by atoms with E-state index in [0.717, 1.165) is 17.1 Å². The summed E-state index contributed by atoms with van der Waals surface area (Å²) in [6.45, 7) is 4.26. The maximum absolute atomic E-state index is 6.32. The Morgan fingerprint density at radius 2 is 1.95 bits per heavy atom. The number of benzene rings is 1. The minimum Gasteiger partial charge on any atom is -0.383 e. The van der Waals surface area contributed by atoms with Gasteiger partial charge in [0.2, 0.25) is 0 Å². The van der Waals surface area contributed by atoms with Crippen molar-refractivity contribution in [3.8, 4) is 11.3 Å². The van der Waals surface area contributed by atoms with Crippen molar-refractivity contribution in [1.82, 2.24) is 9.55 Å². The van der Waals surface area contributed by atoms with Gasteiger partial charge in [0.15, 0.2) is 0 Å². The highest BCUT2D eigenvalue weighted by atomic mass is 35.5. The molecule has 0 bridgehead atoms. The van der Waals surface area contributed by atoms with Crippen molar-refractivity contribution in [1.29, 1.82) is 0 Å². The lowest BCUT2D eigenvalue weighted by Crippen LogP contribution is -2.08. The SMILES string of the molecule is CC(C)n1c(C2CC2)nc(-c2ccc(Cl)c(Cl)c2)c1N. The third-order valence-corrected chi connectivity index (χ3v) is 4.37. The molecular weight excluding hydrogens is 293 g/mol. The van der Waals surface area contributed by atoms with Crippen LogP contribution in [-0.4, -0.2) is 9.55 Å². The number of nitrogen functional groups attached to an aromatic ring is 1. The zero-order chi connectivity index (χ0) is 14.4. The second-order valence-corrected chi connectivity index (χ2v) is 6.39. The van der Waals surface area contributed by atoms with Crippen LogP contribution >= 0.6 is 23.2 Å². The van der Waals surface area contributed by atoms with E-state index in [1.165, 1.54) is 12.8 Å². The molecule has 1 heterocycles. The first-order valence-corrected chi connectivity index (χ1v) is 7.57. The minimum absolute atomic E-state index is 0.301. The Morgan fingerprint density at radius 3 is 2.50 bits per heavy atom. The number of nitrogens with two attached hydrogens (primary N) is 1. The van der Waals surface area contributed by atoms with Gasteiger partial charge in [-0.1, -0.05) is 29.3 Å². The number of anilines is 1. The van der Waals surface area contributed by atoms with Crippen molar-refractivity contribution >= 4 is 29.0 Å². The summed E-state index contributed by atoms with van der Waals surface area (Å²) in [5.41, 5.74) is 8.03. The first-order valence-electron chi connectivity index (χ1n) is 6.82. The lowest BCUT2D eigenvalue weighted by molar-refractivity contribution is 0.576. The van der Waals surface area contributed by atoms with Gasteiger partial charge in [0, 0.05) is 17.5 Å². The zero-order valence-corrected chi connectivity index (χ0v) is 13.0. The van der Waals surface area contributed by atoms with Gasteiger partial charge in [-0.25, -0.2) is 4.98 Å². The summed E-state index contributed by atoms with van der Waals surface area (Å²) in [4.78, 5) is 4.77. The second kappa shape index (κ2) is 4.97. The summed E-state index contributed by atoms with van der Waals surface area (Å²) in [6, 6.07) is 5.82. The highest BCUT2D eigenvalue weighted by Crippen LogP contribution is 2.43. The summed E-state index contributed by atoms with van der Waals surface area (Å²) in [7, 11) is 0. The van der Waals surface area contributed by atoms with Crippen LogP contribution in [0.4, 0.5) is 5.82 Å². The van der Waals surface area contributed by atoms with Crippen molar-refractivity contribution in [3.05, 3.63) is 34.1 Å². The van der Waals surface area contributed by atoms with E-state index in [4.69, 9.17) is 33.9 Å². The van der Waals surface area contributed by atoms with Gasteiger partial charge < -0.3 is 10.3 Å². The van der Waals surface area contributed by atoms with Crippen LogP contribution in [-0.2, 0) is 0 Å². The average molecular weight is 310 g/mol. The molecule has 0 spiro atoms. The molecule has 20 heavy (non-hydrogen) atoms. The molecule has 0 unspecified atom stereocenters. The van der Waals surface area contributed by atoms with Gasteiger partial charge in [0.25, 0.3) is 0 Å². The van der Waals surface area contributed by atoms with E-state index in [9.17, 15) is 0 Å². The minimum atomic E-state index is 0.301. The Bertz CT molecular complexity index is 657. The summed E-state index contributed by atoms with van der Waals surface area (Å²) < 4.78 is 2.13. The highest BCUT2D eigenvalue weighted by Gasteiger charge is 2.31. The molecule has 1 aromatic heterocycles. The van der Waals surface area contributed by atoms with Crippen molar-refractivity contribution in [2.75, 3.05) is 5.73 Å². The summed E-state index contributed by atoms with van der Waals surface area (Å²) >= 11 is 12.1. The molecule has 0 radical (unpaired) electrons. The molecule has 2 N–H and O–H groups in total. The van der Waals surface area contributed by atoms with E-state index in [1.54, 1.807) is 6.07 Å². The molecule has 0 aliphatic heterocycles. The molecule has 2 aromatic rings. The summed E-state index contributed by atoms with van der Waals surface area (Å²) in [5, 5.41) is 1.07. The number of hydrogen-bond acceptors (Lipinski definition) is 2. The lowest BCUT2D eigenvalue weighted by Gasteiger charge is -2.13. The monoisotopic (exact) mass is 309 g/mol. The van der Waals surface area contributed by atoms with E-state index in [0.29, 0.717) is 27.8 Å². The van der Waals surface area contributed by atoms with E-state index in [1.807, 2.05) is 12.1 Å². The molecule has 106 valence electrons. The Labute approximate surface area is 128 Å². The summed E-state index contributed by atoms with van der Waals surface area (Å²) in [5.74, 6) is 2.36. The molecule has 1 aliphatic carbocycles. The fourth-order valence-electron chi connectivity index (χ4n) is 2.49. The Balaban J connectivity index is 2.13. The van der Waals surface area contributed by atoms with Crippen LogP contribution in [0.5, 0.6) is 0 Å². The smallest absolute Gasteiger partial charge is 0.131 e. The fraction of sp³-hybridized carbons (Fsp3) is 0.400. The molecule has 1 saturated carbocycles. The Hall–Kier alpha value is -1.19. The van der Waals surface area contributed by atoms with Crippen LogP contribution in [0.3, 0.4) is 0 Å². The number of hydrogen-bond donors (Lipinski definition) is 1. The van der Waals surface area contributed by atoms with E-state index in [-0.39, 0.29) is 0 Å². The maximum Gasteiger partial charge on any atom is 0.131 e. The number of nitrogens with zero attached hydrogens (tertiary/aromatic N) is 2. The zero-order valence-electron chi connectivity index (χ0n) is 11.5. The fourth-order valence-corrected chi connectivity index (χ4v) is 2.79. The van der Waals surface area contributed by atoms with Crippen LogP contribution < -0.4 is 5.73 Å². The van der Waals surface area contributed by atoms with Gasteiger partial charge in [-0.05, 0) is 38.8 Å². The average Bonchev–Trinajstić information content (AvgIpc) is 3.16. The third kappa shape index (κ3) is 2.29. The third-order valence-electron chi connectivity index (χ3n) is 3.63. The molecule has 0 saturated heterocycles. The molecule has 0 amide bonds. The molecule has 3 nitrogen and oxygen atoms in total. The van der Waals surface area contributed by atoms with Crippen molar-refractivity contribution < 1.29 is 0 Å². The topological polar surface area (TPSA) is 43.8 Å². The first-order chi connectivity index (χ1) is 9.49. The second-order valence-electron chi connectivity index (χ2n) is 5.57. The standard InChI is InChI=1S/C15H17Cl2N3/c1-8(2)20-14(18)13(19-15(20)9-3-4-9)10-5-6-11(16)12(17)7-10/h5-9H,3-4,18H2,1-2H3. The van der Waals surface area contributed by atoms with E-state index >= 15 is 0 Å². The first kappa shape index (κ1) is 13.8. The normalized spacial score (nSPS) is 15.1. The number of imidazole rings is 1. The maximum atomic E-state index is 6.32. The van der Waals surface area contributed by atoms with Crippen molar-refractivity contribution in [2.45, 2.75) is 38.6 Å². The molecule has 1 aromatic carbocycles. The van der Waals surface area contributed by atoms with Gasteiger partial charge in [-0.15, -0.1) is 0 Å². The van der Waals surface area contributed by atoms with Gasteiger partial charge in [0.1, 0.15) is 17.3 Å². The van der Waals surface area contributed by atoms with Crippen molar-refractivity contribution in [3.63, 3.8) is 0 Å². The molecule has 3 rings (SSSR count). The molecule has 1 aliphatic rings. The Kier molecular flexibility index (Phi) is 3.43. The largest absolute Gasteiger partial charge is 0.383 e. The van der Waals surface area contributed by atoms with Crippen LogP contribution in [0.1, 0.15) is 44.5 Å². The summed E-state index contributed by atoms with van der Waals surface area (Å²) in [6.07, 6.45) is 2.40. The quantitative estimate of drug-likeness (QED) is 0.876. The molecule has 5 heteroatoms.